The molecular formula is C20H21ClN2O6S. The van der Waals surface area contributed by atoms with Crippen molar-refractivity contribution < 1.29 is 27.5 Å². The molecule has 0 fully saturated rings. The second-order valence-electron chi connectivity index (χ2n) is 6.88. The van der Waals surface area contributed by atoms with E-state index in [2.05, 4.69) is 10.1 Å². The molecule has 0 unspecified atom stereocenters. The molecule has 0 saturated carbocycles. The van der Waals surface area contributed by atoms with Gasteiger partial charge in [-0.3, -0.25) is 9.10 Å². The Hall–Kier alpha value is -2.78. The number of hydrogen-bond acceptors (Lipinski definition) is 6. The number of carbonyl (C=O) groups excluding carboxylic acids is 2. The molecule has 8 nitrogen and oxygen atoms in total. The van der Waals surface area contributed by atoms with Crippen LogP contribution in [-0.4, -0.2) is 46.3 Å². The number of aryl methyl sites for hydroxylation is 1. The SMILES string of the molecule is COC(=O)c1ccc(Cl)c(NC(=O)[C@H]2CCN(S(C)(=O)=O)c3cc(C)ccc3O2)c1. The summed E-state index contributed by atoms with van der Waals surface area (Å²) < 4.78 is 36.3. The molecule has 30 heavy (non-hydrogen) atoms. The third-order valence-electron chi connectivity index (χ3n) is 4.58. The number of methoxy groups -OCH3 is 1. The predicted octanol–water partition coefficient (Wildman–Crippen LogP) is 2.99. The number of nitrogens with zero attached hydrogens (tertiary/aromatic N) is 1. The number of anilines is 2. The van der Waals surface area contributed by atoms with Crippen LogP contribution in [-0.2, 0) is 19.6 Å². The normalized spacial score (nSPS) is 16.1. The van der Waals surface area contributed by atoms with Crippen molar-refractivity contribution in [2.75, 3.05) is 29.5 Å². The van der Waals surface area contributed by atoms with Gasteiger partial charge in [-0.15, -0.1) is 0 Å². The highest BCUT2D eigenvalue weighted by atomic mass is 35.5. The van der Waals surface area contributed by atoms with E-state index in [1.165, 1.54) is 29.6 Å². The van der Waals surface area contributed by atoms with Gasteiger partial charge in [0.2, 0.25) is 10.0 Å². The van der Waals surface area contributed by atoms with E-state index >= 15 is 0 Å². The minimum absolute atomic E-state index is 0.0727. The van der Waals surface area contributed by atoms with Gasteiger partial charge in [0, 0.05) is 13.0 Å². The van der Waals surface area contributed by atoms with Crippen molar-refractivity contribution in [3.63, 3.8) is 0 Å². The Morgan fingerprint density at radius 3 is 2.63 bits per heavy atom. The van der Waals surface area contributed by atoms with Gasteiger partial charge in [-0.25, -0.2) is 13.2 Å². The molecule has 0 spiro atoms. The van der Waals surface area contributed by atoms with E-state index in [-0.39, 0.29) is 35.0 Å². The first kappa shape index (κ1) is 21.9. The molecule has 1 aliphatic heterocycles. The van der Waals surface area contributed by atoms with Crippen LogP contribution in [0.4, 0.5) is 11.4 Å². The molecule has 0 aliphatic carbocycles. The van der Waals surface area contributed by atoms with Crippen LogP contribution in [0, 0.1) is 6.92 Å². The zero-order valence-electron chi connectivity index (χ0n) is 16.6. The van der Waals surface area contributed by atoms with Crippen molar-refractivity contribution >= 4 is 44.9 Å². The summed E-state index contributed by atoms with van der Waals surface area (Å²) in [5, 5.41) is 2.89. The molecule has 0 bridgehead atoms. The maximum absolute atomic E-state index is 12.9. The summed E-state index contributed by atoms with van der Waals surface area (Å²) >= 11 is 6.15. The molecule has 2 aromatic carbocycles. The molecule has 160 valence electrons. The number of fused-ring (bicyclic) bond motifs is 1. The van der Waals surface area contributed by atoms with Crippen molar-refractivity contribution in [3.8, 4) is 5.75 Å². The van der Waals surface area contributed by atoms with Gasteiger partial charge in [-0.2, -0.15) is 0 Å². The fourth-order valence-corrected chi connectivity index (χ4v) is 4.20. The van der Waals surface area contributed by atoms with E-state index < -0.39 is 28.0 Å². The summed E-state index contributed by atoms with van der Waals surface area (Å²) in [4.78, 5) is 24.6. The van der Waals surface area contributed by atoms with E-state index in [0.717, 1.165) is 11.8 Å². The van der Waals surface area contributed by atoms with Crippen LogP contribution in [0.2, 0.25) is 5.02 Å². The van der Waals surface area contributed by atoms with Crippen LogP contribution in [0.1, 0.15) is 22.3 Å². The Kier molecular flexibility index (Phi) is 6.23. The molecule has 1 amide bonds. The predicted molar refractivity (Wildman–Crippen MR) is 114 cm³/mol. The first-order valence-corrected chi connectivity index (χ1v) is 11.3. The van der Waals surface area contributed by atoms with Gasteiger partial charge >= 0.3 is 5.97 Å². The van der Waals surface area contributed by atoms with Crippen LogP contribution in [0.15, 0.2) is 36.4 Å². The second kappa shape index (κ2) is 8.53. The smallest absolute Gasteiger partial charge is 0.337 e. The van der Waals surface area contributed by atoms with Gasteiger partial charge in [-0.05, 0) is 42.8 Å². The number of rotatable bonds is 4. The third kappa shape index (κ3) is 4.68. The van der Waals surface area contributed by atoms with Crippen LogP contribution >= 0.6 is 11.6 Å². The van der Waals surface area contributed by atoms with E-state index in [9.17, 15) is 18.0 Å². The lowest BCUT2D eigenvalue weighted by atomic mass is 10.2. The minimum atomic E-state index is -3.56. The summed E-state index contributed by atoms with van der Waals surface area (Å²) in [5.74, 6) is -0.792. The molecule has 1 N–H and O–H groups in total. The number of ether oxygens (including phenoxy) is 2. The van der Waals surface area contributed by atoms with Crippen LogP contribution in [0.25, 0.3) is 0 Å². The summed E-state index contributed by atoms with van der Waals surface area (Å²) in [6.07, 6.45) is 0.273. The standard InChI is InChI=1S/C20H21ClN2O6S/c1-12-4-7-17-16(10-12)23(30(3,26)27)9-8-18(29-17)19(24)22-15-11-13(20(25)28-2)5-6-14(15)21/h4-7,10-11,18H,8-9H2,1-3H3,(H,22,24)/t18-/m1/s1. The van der Waals surface area contributed by atoms with Crippen LogP contribution in [0.3, 0.4) is 0 Å². The number of hydrogen-bond donors (Lipinski definition) is 1. The van der Waals surface area contributed by atoms with Crippen molar-refractivity contribution in [1.29, 1.82) is 0 Å². The van der Waals surface area contributed by atoms with Crippen LogP contribution in [0.5, 0.6) is 5.75 Å². The quantitative estimate of drug-likeness (QED) is 0.715. The molecule has 1 heterocycles. The molecule has 10 heteroatoms. The monoisotopic (exact) mass is 452 g/mol. The van der Waals surface area contributed by atoms with Gasteiger partial charge in [0.15, 0.2) is 6.10 Å². The van der Waals surface area contributed by atoms with Crippen molar-refractivity contribution in [2.45, 2.75) is 19.4 Å². The average Bonchev–Trinajstić information content (AvgIpc) is 2.88. The van der Waals surface area contributed by atoms with Gasteiger partial charge in [0.25, 0.3) is 5.91 Å². The number of halogens is 1. The van der Waals surface area contributed by atoms with Gasteiger partial charge in [0.1, 0.15) is 5.75 Å². The Morgan fingerprint density at radius 1 is 1.23 bits per heavy atom. The number of carbonyl (C=O) groups is 2. The third-order valence-corrected chi connectivity index (χ3v) is 6.09. The molecule has 1 aliphatic rings. The Morgan fingerprint density at radius 2 is 1.97 bits per heavy atom. The zero-order chi connectivity index (χ0) is 22.1. The molecule has 1 atom stereocenters. The van der Waals surface area contributed by atoms with E-state index in [4.69, 9.17) is 16.3 Å². The summed E-state index contributed by atoms with van der Waals surface area (Å²) in [5.41, 5.74) is 1.70. The first-order valence-electron chi connectivity index (χ1n) is 9.04. The van der Waals surface area contributed by atoms with Crippen molar-refractivity contribution in [3.05, 3.63) is 52.5 Å². The Balaban J connectivity index is 1.88. The highest BCUT2D eigenvalue weighted by Crippen LogP contribution is 2.35. The molecule has 3 rings (SSSR count). The summed E-state index contributed by atoms with van der Waals surface area (Å²) in [6.45, 7) is 1.91. The van der Waals surface area contributed by atoms with E-state index in [1.54, 1.807) is 18.2 Å². The topological polar surface area (TPSA) is 102 Å². The summed E-state index contributed by atoms with van der Waals surface area (Å²) in [6, 6.07) is 9.47. The van der Waals surface area contributed by atoms with Crippen molar-refractivity contribution in [1.82, 2.24) is 0 Å². The lowest BCUT2D eigenvalue weighted by Crippen LogP contribution is -2.36. The largest absolute Gasteiger partial charge is 0.478 e. The minimum Gasteiger partial charge on any atom is -0.478 e. The number of nitrogens with one attached hydrogen (secondary N) is 1. The fraction of sp³-hybridized carbons (Fsp3) is 0.300. The highest BCUT2D eigenvalue weighted by Gasteiger charge is 2.31. The van der Waals surface area contributed by atoms with Gasteiger partial charge in [-0.1, -0.05) is 17.7 Å². The van der Waals surface area contributed by atoms with Gasteiger partial charge in [0.05, 0.1) is 35.3 Å². The molecule has 0 radical (unpaired) electrons. The Bertz CT molecular complexity index is 1100. The maximum Gasteiger partial charge on any atom is 0.337 e. The number of amides is 1. The maximum atomic E-state index is 12.9. The lowest BCUT2D eigenvalue weighted by Gasteiger charge is -2.21. The number of esters is 1. The summed E-state index contributed by atoms with van der Waals surface area (Å²) in [7, 11) is -2.31. The van der Waals surface area contributed by atoms with Gasteiger partial charge < -0.3 is 14.8 Å². The zero-order valence-corrected chi connectivity index (χ0v) is 18.2. The lowest BCUT2D eigenvalue weighted by molar-refractivity contribution is -0.122. The molecule has 0 saturated heterocycles. The van der Waals surface area contributed by atoms with Crippen molar-refractivity contribution in [2.24, 2.45) is 0 Å². The highest BCUT2D eigenvalue weighted by molar-refractivity contribution is 7.92. The number of sulfonamides is 1. The molecular weight excluding hydrogens is 432 g/mol. The fourth-order valence-electron chi connectivity index (χ4n) is 3.10. The average molecular weight is 453 g/mol. The van der Waals surface area contributed by atoms with E-state index in [0.29, 0.717) is 5.69 Å². The molecule has 0 aromatic heterocycles. The van der Waals surface area contributed by atoms with Crippen LogP contribution < -0.4 is 14.4 Å². The first-order chi connectivity index (χ1) is 14.1. The number of benzene rings is 2. The second-order valence-corrected chi connectivity index (χ2v) is 9.19. The Labute approximate surface area is 179 Å². The van der Waals surface area contributed by atoms with E-state index in [1.807, 2.05) is 6.92 Å². The molecule has 2 aromatic rings.